The lowest BCUT2D eigenvalue weighted by Crippen LogP contribution is -2.36. The molecule has 3 aromatic rings. The molecule has 1 aromatic carbocycles. The average molecular weight is 300 g/mol. The lowest BCUT2D eigenvalue weighted by molar-refractivity contribution is 0.122. The van der Waals surface area contributed by atoms with Crippen molar-refractivity contribution in [3.63, 3.8) is 0 Å². The van der Waals surface area contributed by atoms with E-state index < -0.39 is 0 Å². The summed E-state index contributed by atoms with van der Waals surface area (Å²) in [4.78, 5) is 7.07. The molecule has 3 heterocycles. The highest BCUT2D eigenvalue weighted by Crippen LogP contribution is 2.30. The van der Waals surface area contributed by atoms with Crippen LogP contribution in [0.25, 0.3) is 22.2 Å². The van der Waals surface area contributed by atoms with E-state index in [1.807, 2.05) is 13.0 Å². The van der Waals surface area contributed by atoms with Crippen LogP contribution in [0, 0.1) is 6.92 Å². The molecule has 6 heteroatoms. The number of hydrogen-bond acceptors (Lipinski definition) is 5. The first-order valence-electron chi connectivity index (χ1n) is 7.04. The van der Waals surface area contributed by atoms with Crippen molar-refractivity contribution in [2.45, 2.75) is 6.92 Å². The van der Waals surface area contributed by atoms with Crippen molar-refractivity contribution in [1.82, 2.24) is 15.2 Å². The number of thiazole rings is 1. The van der Waals surface area contributed by atoms with Crippen LogP contribution in [-0.4, -0.2) is 41.5 Å². The molecule has 1 N–H and O–H groups in total. The second-order valence-electron chi connectivity index (χ2n) is 5.20. The summed E-state index contributed by atoms with van der Waals surface area (Å²) in [6, 6.07) is 6.29. The SMILES string of the molecule is Cc1[nH]nc2ccc(-c3csc(N4CCOCC4)n3)cc12. The van der Waals surface area contributed by atoms with E-state index in [0.717, 1.165) is 59.3 Å². The van der Waals surface area contributed by atoms with Gasteiger partial charge < -0.3 is 9.64 Å². The molecule has 1 saturated heterocycles. The van der Waals surface area contributed by atoms with Crippen LogP contribution in [0.15, 0.2) is 23.6 Å². The van der Waals surface area contributed by atoms with E-state index in [0.29, 0.717) is 0 Å². The van der Waals surface area contributed by atoms with Crippen LogP contribution in [0.4, 0.5) is 5.13 Å². The van der Waals surface area contributed by atoms with Gasteiger partial charge in [0.05, 0.1) is 24.4 Å². The Morgan fingerprint density at radius 2 is 2.14 bits per heavy atom. The molecule has 0 aliphatic carbocycles. The predicted octanol–water partition coefficient (Wildman–Crippen LogP) is 2.83. The minimum Gasteiger partial charge on any atom is -0.378 e. The van der Waals surface area contributed by atoms with Gasteiger partial charge in [-0.2, -0.15) is 5.10 Å². The standard InChI is InChI=1S/C15H16N4OS/c1-10-12-8-11(2-3-13(12)18-17-10)14-9-21-15(16-14)19-4-6-20-7-5-19/h2-3,8-9H,4-7H2,1H3,(H,17,18). The molecule has 0 unspecified atom stereocenters. The van der Waals surface area contributed by atoms with Gasteiger partial charge in [-0.15, -0.1) is 11.3 Å². The molecule has 4 rings (SSSR count). The maximum Gasteiger partial charge on any atom is 0.186 e. The summed E-state index contributed by atoms with van der Waals surface area (Å²) in [5.74, 6) is 0. The molecule has 21 heavy (non-hydrogen) atoms. The van der Waals surface area contributed by atoms with Gasteiger partial charge in [0, 0.05) is 35.1 Å². The average Bonchev–Trinajstić information content (AvgIpc) is 3.16. The molecule has 1 aliphatic rings. The number of benzene rings is 1. The summed E-state index contributed by atoms with van der Waals surface area (Å²) in [6.45, 7) is 5.46. The Balaban J connectivity index is 1.68. The Hall–Kier alpha value is -1.92. The third kappa shape index (κ3) is 2.30. The topological polar surface area (TPSA) is 54.0 Å². The van der Waals surface area contributed by atoms with Gasteiger partial charge in [0.1, 0.15) is 0 Å². The van der Waals surface area contributed by atoms with Crippen LogP contribution in [0.3, 0.4) is 0 Å². The fraction of sp³-hybridized carbons (Fsp3) is 0.333. The van der Waals surface area contributed by atoms with Crippen molar-refractivity contribution < 1.29 is 4.74 Å². The number of nitrogens with one attached hydrogen (secondary N) is 1. The quantitative estimate of drug-likeness (QED) is 0.790. The number of aromatic amines is 1. The molecule has 2 aromatic heterocycles. The van der Waals surface area contributed by atoms with E-state index in [-0.39, 0.29) is 0 Å². The zero-order chi connectivity index (χ0) is 14.2. The van der Waals surface area contributed by atoms with E-state index in [9.17, 15) is 0 Å². The van der Waals surface area contributed by atoms with Crippen molar-refractivity contribution in [2.75, 3.05) is 31.2 Å². The zero-order valence-corrected chi connectivity index (χ0v) is 12.6. The highest BCUT2D eigenvalue weighted by molar-refractivity contribution is 7.14. The lowest BCUT2D eigenvalue weighted by atomic mass is 10.1. The molecule has 0 radical (unpaired) electrons. The molecule has 0 spiro atoms. The second kappa shape index (κ2) is 5.13. The van der Waals surface area contributed by atoms with Crippen molar-refractivity contribution >= 4 is 27.4 Å². The summed E-state index contributed by atoms with van der Waals surface area (Å²) in [6.07, 6.45) is 0. The van der Waals surface area contributed by atoms with Crippen LogP contribution in [0.2, 0.25) is 0 Å². The third-order valence-corrected chi connectivity index (χ3v) is 4.72. The van der Waals surface area contributed by atoms with Crippen molar-refractivity contribution in [2.24, 2.45) is 0 Å². The highest BCUT2D eigenvalue weighted by atomic mass is 32.1. The van der Waals surface area contributed by atoms with Gasteiger partial charge in [0.2, 0.25) is 0 Å². The van der Waals surface area contributed by atoms with E-state index >= 15 is 0 Å². The number of hydrogen-bond donors (Lipinski definition) is 1. The normalized spacial score (nSPS) is 15.8. The van der Waals surface area contributed by atoms with E-state index in [1.54, 1.807) is 11.3 Å². The van der Waals surface area contributed by atoms with Crippen LogP contribution in [-0.2, 0) is 4.74 Å². The van der Waals surface area contributed by atoms with Gasteiger partial charge >= 0.3 is 0 Å². The number of ether oxygens (including phenoxy) is 1. The monoisotopic (exact) mass is 300 g/mol. The number of fused-ring (bicyclic) bond motifs is 1. The summed E-state index contributed by atoms with van der Waals surface area (Å²) in [5, 5.41) is 11.7. The first kappa shape index (κ1) is 12.8. The Morgan fingerprint density at radius 1 is 1.29 bits per heavy atom. The molecule has 0 bridgehead atoms. The van der Waals surface area contributed by atoms with Gasteiger partial charge in [-0.3, -0.25) is 5.10 Å². The number of anilines is 1. The maximum absolute atomic E-state index is 5.39. The number of aromatic nitrogens is 3. The van der Waals surface area contributed by atoms with Crippen molar-refractivity contribution in [1.29, 1.82) is 0 Å². The predicted molar refractivity (Wildman–Crippen MR) is 85.0 cm³/mol. The largest absolute Gasteiger partial charge is 0.378 e. The van der Waals surface area contributed by atoms with E-state index in [4.69, 9.17) is 9.72 Å². The minimum absolute atomic E-state index is 0.787. The van der Waals surface area contributed by atoms with Gasteiger partial charge in [0.25, 0.3) is 0 Å². The summed E-state index contributed by atoms with van der Waals surface area (Å²) in [5.41, 5.74) is 4.27. The first-order chi connectivity index (χ1) is 10.3. The minimum atomic E-state index is 0.787. The van der Waals surface area contributed by atoms with Gasteiger partial charge in [-0.05, 0) is 19.1 Å². The Kier molecular flexibility index (Phi) is 3.12. The molecule has 0 amide bonds. The number of morpholine rings is 1. The molecule has 0 atom stereocenters. The fourth-order valence-corrected chi connectivity index (χ4v) is 3.48. The highest BCUT2D eigenvalue weighted by Gasteiger charge is 2.15. The van der Waals surface area contributed by atoms with E-state index in [2.05, 4.69) is 32.6 Å². The zero-order valence-electron chi connectivity index (χ0n) is 11.8. The molecule has 108 valence electrons. The van der Waals surface area contributed by atoms with E-state index in [1.165, 1.54) is 0 Å². The van der Waals surface area contributed by atoms with Crippen molar-refractivity contribution in [3.05, 3.63) is 29.3 Å². The Bertz CT molecular complexity index is 773. The lowest BCUT2D eigenvalue weighted by Gasteiger charge is -2.26. The Labute approximate surface area is 126 Å². The van der Waals surface area contributed by atoms with Crippen molar-refractivity contribution in [3.8, 4) is 11.3 Å². The van der Waals surface area contributed by atoms with Gasteiger partial charge in [0.15, 0.2) is 5.13 Å². The molecule has 0 saturated carbocycles. The summed E-state index contributed by atoms with van der Waals surface area (Å²) < 4.78 is 5.39. The van der Waals surface area contributed by atoms with Crippen LogP contribution < -0.4 is 4.90 Å². The first-order valence-corrected chi connectivity index (χ1v) is 7.92. The number of H-pyrrole nitrogens is 1. The van der Waals surface area contributed by atoms with Crippen LogP contribution in [0.1, 0.15) is 5.69 Å². The summed E-state index contributed by atoms with van der Waals surface area (Å²) in [7, 11) is 0. The summed E-state index contributed by atoms with van der Waals surface area (Å²) >= 11 is 1.70. The molecule has 1 fully saturated rings. The maximum atomic E-state index is 5.39. The smallest absolute Gasteiger partial charge is 0.186 e. The third-order valence-electron chi connectivity index (χ3n) is 3.81. The van der Waals surface area contributed by atoms with Crippen LogP contribution >= 0.6 is 11.3 Å². The molecular weight excluding hydrogens is 284 g/mol. The van der Waals surface area contributed by atoms with Gasteiger partial charge in [-0.1, -0.05) is 6.07 Å². The molecular formula is C15H16N4OS. The van der Waals surface area contributed by atoms with Crippen LogP contribution in [0.5, 0.6) is 0 Å². The number of rotatable bonds is 2. The Morgan fingerprint density at radius 3 is 3.00 bits per heavy atom. The number of aryl methyl sites for hydroxylation is 1. The number of nitrogens with zero attached hydrogens (tertiary/aromatic N) is 3. The van der Waals surface area contributed by atoms with Gasteiger partial charge in [-0.25, -0.2) is 4.98 Å². The fourth-order valence-electron chi connectivity index (χ4n) is 2.59. The second-order valence-corrected chi connectivity index (χ2v) is 6.03. The molecule has 5 nitrogen and oxygen atoms in total. The molecule has 1 aliphatic heterocycles.